The Balaban J connectivity index is 2.34. The normalized spacial score (nSPS) is 12.7. The predicted molar refractivity (Wildman–Crippen MR) is 65.8 cm³/mol. The maximum Gasteiger partial charge on any atom is 0.138 e. The topological polar surface area (TPSA) is 68.8 Å². The van der Waals surface area contributed by atoms with Crippen molar-refractivity contribution in [3.8, 4) is 0 Å². The van der Waals surface area contributed by atoms with Crippen LogP contribution in [-0.2, 0) is 13.0 Å². The van der Waals surface area contributed by atoms with Gasteiger partial charge in [-0.1, -0.05) is 0 Å². The maximum absolute atomic E-state index is 13.7. The van der Waals surface area contributed by atoms with E-state index < -0.39 is 23.5 Å². The molecule has 1 aromatic heterocycles. The number of nitrogens with two attached hydrogens (primary N) is 1. The van der Waals surface area contributed by atoms with Gasteiger partial charge in [-0.15, -0.1) is 0 Å². The quantitative estimate of drug-likeness (QED) is 0.644. The van der Waals surface area contributed by atoms with Gasteiger partial charge in [0.25, 0.3) is 0 Å². The van der Waals surface area contributed by atoms with Gasteiger partial charge in [0.15, 0.2) is 0 Å². The zero-order valence-corrected chi connectivity index (χ0v) is 10.8. The molecule has 0 radical (unpaired) electrons. The molecule has 0 aliphatic heterocycles. The maximum atomic E-state index is 13.7. The molecule has 0 fully saturated rings. The Hall–Kier alpha value is -1.93. The molecule has 0 saturated heterocycles. The van der Waals surface area contributed by atoms with E-state index in [9.17, 15) is 13.2 Å². The smallest absolute Gasteiger partial charge is 0.138 e. The Morgan fingerprint density at radius 3 is 2.50 bits per heavy atom. The van der Waals surface area contributed by atoms with Crippen molar-refractivity contribution >= 4 is 0 Å². The number of hydrogen-bond acceptors (Lipinski definition) is 4. The largest absolute Gasteiger partial charge is 0.271 e. The highest BCUT2D eigenvalue weighted by atomic mass is 19.1. The molecule has 108 valence electrons. The molecule has 0 saturated carbocycles. The molecule has 2 rings (SSSR count). The van der Waals surface area contributed by atoms with Gasteiger partial charge in [0.1, 0.15) is 29.6 Å². The highest BCUT2D eigenvalue weighted by Gasteiger charge is 2.22. The second-order valence-corrected chi connectivity index (χ2v) is 4.20. The van der Waals surface area contributed by atoms with E-state index in [1.807, 2.05) is 6.92 Å². The molecule has 0 bridgehead atoms. The summed E-state index contributed by atoms with van der Waals surface area (Å²) < 4.78 is 42.0. The van der Waals surface area contributed by atoms with Crippen LogP contribution in [0.5, 0.6) is 0 Å². The van der Waals surface area contributed by atoms with E-state index in [1.54, 1.807) is 4.68 Å². The predicted octanol–water partition coefficient (Wildman–Crippen LogP) is 1.46. The Labute approximate surface area is 113 Å². The van der Waals surface area contributed by atoms with Crippen LogP contribution in [-0.4, -0.2) is 14.8 Å². The van der Waals surface area contributed by atoms with Gasteiger partial charge in [-0.2, -0.15) is 5.10 Å². The summed E-state index contributed by atoms with van der Waals surface area (Å²) in [6, 6.07) is 0.366. The highest BCUT2D eigenvalue weighted by molar-refractivity contribution is 5.25. The van der Waals surface area contributed by atoms with E-state index in [4.69, 9.17) is 5.84 Å². The second-order valence-electron chi connectivity index (χ2n) is 4.20. The van der Waals surface area contributed by atoms with Crippen molar-refractivity contribution in [3.63, 3.8) is 0 Å². The van der Waals surface area contributed by atoms with Crippen molar-refractivity contribution < 1.29 is 13.2 Å². The van der Waals surface area contributed by atoms with Gasteiger partial charge in [-0.3, -0.25) is 16.0 Å². The molecular formula is C12H14F3N5. The molecule has 1 unspecified atom stereocenters. The van der Waals surface area contributed by atoms with Crippen LogP contribution in [0.2, 0.25) is 0 Å². The summed E-state index contributed by atoms with van der Waals surface area (Å²) >= 11 is 0. The summed E-state index contributed by atoms with van der Waals surface area (Å²) in [5, 5.41) is 3.96. The molecule has 0 spiro atoms. The Kier molecular flexibility index (Phi) is 4.35. The molecule has 8 heteroatoms. The number of halogens is 3. The lowest BCUT2D eigenvalue weighted by atomic mass is 10.0. The zero-order chi connectivity index (χ0) is 14.7. The van der Waals surface area contributed by atoms with Crippen LogP contribution in [0.3, 0.4) is 0 Å². The van der Waals surface area contributed by atoms with Crippen molar-refractivity contribution in [1.29, 1.82) is 0 Å². The minimum Gasteiger partial charge on any atom is -0.271 e. The van der Waals surface area contributed by atoms with Crippen LogP contribution in [0.4, 0.5) is 13.2 Å². The van der Waals surface area contributed by atoms with E-state index in [0.29, 0.717) is 24.5 Å². The van der Waals surface area contributed by atoms with Gasteiger partial charge >= 0.3 is 0 Å². The third kappa shape index (κ3) is 2.81. The Morgan fingerprint density at radius 2 is 1.95 bits per heavy atom. The Bertz CT molecular complexity index is 576. The van der Waals surface area contributed by atoms with E-state index in [2.05, 4.69) is 15.5 Å². The number of nitrogens with one attached hydrogen (secondary N) is 1. The average molecular weight is 285 g/mol. The van der Waals surface area contributed by atoms with Crippen molar-refractivity contribution in [2.75, 3.05) is 0 Å². The number of aryl methyl sites for hydroxylation is 1. The van der Waals surface area contributed by atoms with Crippen molar-refractivity contribution in [1.82, 2.24) is 20.2 Å². The SMILES string of the molecule is CCn1ncnc1CC(NN)c1c(F)cc(F)cc1F. The first kappa shape index (κ1) is 14.5. The molecular weight excluding hydrogens is 271 g/mol. The highest BCUT2D eigenvalue weighted by Crippen LogP contribution is 2.24. The molecule has 0 aliphatic carbocycles. The molecule has 2 aromatic rings. The van der Waals surface area contributed by atoms with Crippen molar-refractivity contribution in [2.24, 2.45) is 5.84 Å². The number of hydrogen-bond donors (Lipinski definition) is 2. The van der Waals surface area contributed by atoms with Gasteiger partial charge in [0, 0.05) is 30.7 Å². The molecule has 0 aliphatic rings. The summed E-state index contributed by atoms with van der Waals surface area (Å²) in [5.41, 5.74) is 2.01. The van der Waals surface area contributed by atoms with Crippen LogP contribution in [0, 0.1) is 17.5 Å². The fourth-order valence-corrected chi connectivity index (χ4v) is 2.02. The van der Waals surface area contributed by atoms with E-state index >= 15 is 0 Å². The minimum atomic E-state index is -0.993. The summed E-state index contributed by atoms with van der Waals surface area (Å²) in [7, 11) is 0. The number of rotatable bonds is 5. The van der Waals surface area contributed by atoms with Crippen LogP contribution in [0.15, 0.2) is 18.5 Å². The van der Waals surface area contributed by atoms with Gasteiger partial charge in [-0.25, -0.2) is 18.2 Å². The van der Waals surface area contributed by atoms with Crippen molar-refractivity contribution in [3.05, 3.63) is 47.3 Å². The lowest BCUT2D eigenvalue weighted by Crippen LogP contribution is -2.32. The first-order chi connectivity index (χ1) is 9.56. The monoisotopic (exact) mass is 285 g/mol. The number of aromatic nitrogens is 3. The van der Waals surface area contributed by atoms with Crippen LogP contribution < -0.4 is 11.3 Å². The molecule has 20 heavy (non-hydrogen) atoms. The number of benzene rings is 1. The van der Waals surface area contributed by atoms with Gasteiger partial charge < -0.3 is 0 Å². The lowest BCUT2D eigenvalue weighted by molar-refractivity contribution is 0.448. The van der Waals surface area contributed by atoms with Gasteiger partial charge in [0.2, 0.25) is 0 Å². The third-order valence-electron chi connectivity index (χ3n) is 2.98. The van der Waals surface area contributed by atoms with Crippen LogP contribution in [0.1, 0.15) is 24.4 Å². The van der Waals surface area contributed by atoms with Gasteiger partial charge in [-0.05, 0) is 6.92 Å². The van der Waals surface area contributed by atoms with Gasteiger partial charge in [0.05, 0.1) is 6.04 Å². The van der Waals surface area contributed by atoms with Crippen LogP contribution >= 0.6 is 0 Å². The molecule has 1 atom stereocenters. The number of nitrogens with zero attached hydrogens (tertiary/aromatic N) is 3. The third-order valence-corrected chi connectivity index (χ3v) is 2.98. The van der Waals surface area contributed by atoms with E-state index in [-0.39, 0.29) is 12.0 Å². The summed E-state index contributed by atoms with van der Waals surface area (Å²) in [6.07, 6.45) is 1.48. The lowest BCUT2D eigenvalue weighted by Gasteiger charge is -2.17. The molecule has 1 aromatic carbocycles. The molecule has 5 nitrogen and oxygen atoms in total. The number of hydrazine groups is 1. The average Bonchev–Trinajstić information content (AvgIpc) is 2.83. The molecule has 3 N–H and O–H groups in total. The molecule has 0 amide bonds. The summed E-state index contributed by atoms with van der Waals surface area (Å²) in [4.78, 5) is 4.01. The fourth-order valence-electron chi connectivity index (χ4n) is 2.02. The standard InChI is InChI=1S/C12H14F3N5/c1-2-20-11(17-6-18-20)5-10(19-16)12-8(14)3-7(13)4-9(12)15/h3-4,6,10,19H,2,5,16H2,1H3. The molecule has 1 heterocycles. The zero-order valence-electron chi connectivity index (χ0n) is 10.8. The fraction of sp³-hybridized carbons (Fsp3) is 0.333. The summed E-state index contributed by atoms with van der Waals surface area (Å²) in [5.74, 6) is 2.92. The first-order valence-corrected chi connectivity index (χ1v) is 6.04. The second kappa shape index (κ2) is 6.02. The van der Waals surface area contributed by atoms with E-state index in [1.165, 1.54) is 6.33 Å². The van der Waals surface area contributed by atoms with Crippen molar-refractivity contribution in [2.45, 2.75) is 25.9 Å². The van der Waals surface area contributed by atoms with Crippen LogP contribution in [0.25, 0.3) is 0 Å². The summed E-state index contributed by atoms with van der Waals surface area (Å²) in [6.45, 7) is 2.43. The first-order valence-electron chi connectivity index (χ1n) is 6.04. The van der Waals surface area contributed by atoms with E-state index in [0.717, 1.165) is 0 Å². The minimum absolute atomic E-state index is 0.129. The Morgan fingerprint density at radius 1 is 1.30 bits per heavy atom.